The van der Waals surface area contributed by atoms with Crippen LogP contribution in [0.25, 0.3) is 16.7 Å². The van der Waals surface area contributed by atoms with Crippen molar-refractivity contribution in [1.82, 2.24) is 0 Å². The molecule has 0 heterocycles. The molecule has 0 saturated carbocycles. The highest BCUT2D eigenvalue weighted by Crippen LogP contribution is 2.27. The smallest absolute Gasteiger partial charge is 0.0155 e. The Bertz CT molecular complexity index is 807. The lowest BCUT2D eigenvalue weighted by Crippen LogP contribution is -1.90. The molecule has 0 nitrogen and oxygen atoms in total. The lowest BCUT2D eigenvalue weighted by Gasteiger charge is -2.10. The molecule has 0 heteroatoms. The summed E-state index contributed by atoms with van der Waals surface area (Å²) in [5, 5.41) is 0. The van der Waals surface area contributed by atoms with Crippen molar-refractivity contribution in [3.8, 4) is 11.1 Å². The van der Waals surface area contributed by atoms with Gasteiger partial charge in [0.2, 0.25) is 0 Å². The SMILES string of the molecule is C=C(c1ccc(-c2cccc(C)c2)cc1)c1ccccc1C. The predicted molar refractivity (Wildman–Crippen MR) is 95.9 cm³/mol. The van der Waals surface area contributed by atoms with E-state index >= 15 is 0 Å². The number of hydrogen-bond donors (Lipinski definition) is 0. The van der Waals surface area contributed by atoms with E-state index in [0.29, 0.717) is 0 Å². The molecular weight excluding hydrogens is 264 g/mol. The summed E-state index contributed by atoms with van der Waals surface area (Å²) in [4.78, 5) is 0. The monoisotopic (exact) mass is 284 g/mol. The first-order chi connectivity index (χ1) is 10.6. The van der Waals surface area contributed by atoms with Crippen LogP contribution in [0.15, 0.2) is 79.4 Å². The summed E-state index contributed by atoms with van der Waals surface area (Å²) in [7, 11) is 0. The van der Waals surface area contributed by atoms with Gasteiger partial charge in [0.25, 0.3) is 0 Å². The molecule has 0 aromatic heterocycles. The van der Waals surface area contributed by atoms with Gasteiger partial charge in [0.1, 0.15) is 0 Å². The number of hydrogen-bond acceptors (Lipinski definition) is 0. The Morgan fingerprint density at radius 3 is 2.14 bits per heavy atom. The van der Waals surface area contributed by atoms with Crippen molar-refractivity contribution in [3.63, 3.8) is 0 Å². The van der Waals surface area contributed by atoms with Gasteiger partial charge in [-0.15, -0.1) is 0 Å². The molecule has 108 valence electrons. The van der Waals surface area contributed by atoms with E-state index in [4.69, 9.17) is 0 Å². The third-order valence-corrected chi connectivity index (χ3v) is 4.05. The fraction of sp³-hybridized carbons (Fsp3) is 0.0909. The molecule has 0 aliphatic carbocycles. The Kier molecular flexibility index (Phi) is 3.93. The van der Waals surface area contributed by atoms with Crippen molar-refractivity contribution in [1.29, 1.82) is 0 Å². The van der Waals surface area contributed by atoms with E-state index < -0.39 is 0 Å². The van der Waals surface area contributed by atoms with Gasteiger partial charge in [0.05, 0.1) is 0 Å². The zero-order valence-electron chi connectivity index (χ0n) is 13.1. The average Bonchev–Trinajstić information content (AvgIpc) is 2.55. The molecule has 0 N–H and O–H groups in total. The van der Waals surface area contributed by atoms with Gasteiger partial charge in [-0.1, -0.05) is 84.9 Å². The van der Waals surface area contributed by atoms with Crippen molar-refractivity contribution in [2.75, 3.05) is 0 Å². The second-order valence-electron chi connectivity index (χ2n) is 5.74. The summed E-state index contributed by atoms with van der Waals surface area (Å²) < 4.78 is 0. The maximum Gasteiger partial charge on any atom is -0.0155 e. The van der Waals surface area contributed by atoms with E-state index in [0.717, 1.165) is 5.57 Å². The van der Waals surface area contributed by atoms with Gasteiger partial charge >= 0.3 is 0 Å². The van der Waals surface area contributed by atoms with Crippen molar-refractivity contribution >= 4 is 5.57 Å². The summed E-state index contributed by atoms with van der Waals surface area (Å²) in [5.74, 6) is 0. The van der Waals surface area contributed by atoms with Crippen LogP contribution in [0.3, 0.4) is 0 Å². The molecule has 0 bridgehead atoms. The second-order valence-corrected chi connectivity index (χ2v) is 5.74. The van der Waals surface area contributed by atoms with E-state index in [1.165, 1.54) is 33.4 Å². The van der Waals surface area contributed by atoms with Crippen LogP contribution in [0.2, 0.25) is 0 Å². The minimum atomic E-state index is 1.08. The first-order valence-corrected chi connectivity index (χ1v) is 7.57. The third kappa shape index (κ3) is 2.87. The first-order valence-electron chi connectivity index (χ1n) is 7.57. The quantitative estimate of drug-likeness (QED) is 0.550. The lowest BCUT2D eigenvalue weighted by atomic mass is 9.94. The van der Waals surface area contributed by atoms with Crippen LogP contribution in [-0.4, -0.2) is 0 Å². The fourth-order valence-electron chi connectivity index (χ4n) is 2.76. The van der Waals surface area contributed by atoms with Gasteiger partial charge in [0, 0.05) is 0 Å². The third-order valence-electron chi connectivity index (χ3n) is 4.05. The maximum atomic E-state index is 4.27. The van der Waals surface area contributed by atoms with Crippen LogP contribution in [0.5, 0.6) is 0 Å². The van der Waals surface area contributed by atoms with Crippen LogP contribution in [0, 0.1) is 13.8 Å². The van der Waals surface area contributed by atoms with Gasteiger partial charge in [0.15, 0.2) is 0 Å². The Labute approximate surface area is 132 Å². The zero-order valence-corrected chi connectivity index (χ0v) is 13.1. The molecule has 0 spiro atoms. The highest BCUT2D eigenvalue weighted by molar-refractivity contribution is 5.80. The molecule has 0 radical (unpaired) electrons. The summed E-state index contributed by atoms with van der Waals surface area (Å²) in [6.07, 6.45) is 0. The molecule has 3 rings (SSSR count). The average molecular weight is 284 g/mol. The first kappa shape index (κ1) is 14.3. The fourth-order valence-corrected chi connectivity index (χ4v) is 2.76. The van der Waals surface area contributed by atoms with Crippen molar-refractivity contribution < 1.29 is 0 Å². The molecule has 3 aromatic rings. The van der Waals surface area contributed by atoms with Crippen LogP contribution in [0.4, 0.5) is 0 Å². The Balaban J connectivity index is 1.92. The van der Waals surface area contributed by atoms with Crippen molar-refractivity contribution in [2.45, 2.75) is 13.8 Å². The zero-order chi connectivity index (χ0) is 15.5. The second kappa shape index (κ2) is 6.03. The Morgan fingerprint density at radius 1 is 0.727 bits per heavy atom. The Morgan fingerprint density at radius 2 is 1.45 bits per heavy atom. The number of rotatable bonds is 3. The molecule has 0 atom stereocenters. The molecule has 0 aliphatic heterocycles. The minimum absolute atomic E-state index is 1.08. The van der Waals surface area contributed by atoms with Crippen LogP contribution >= 0.6 is 0 Å². The molecule has 3 aromatic carbocycles. The molecule has 0 unspecified atom stereocenters. The highest BCUT2D eigenvalue weighted by Gasteiger charge is 2.05. The van der Waals surface area contributed by atoms with E-state index in [-0.39, 0.29) is 0 Å². The standard InChI is InChI=1S/C22H20/c1-16-7-6-9-21(15-16)20-13-11-19(12-14-20)18(3)22-10-5-4-8-17(22)2/h4-15H,3H2,1-2H3. The van der Waals surface area contributed by atoms with Gasteiger partial charge < -0.3 is 0 Å². The minimum Gasteiger partial charge on any atom is -0.0905 e. The molecule has 0 amide bonds. The topological polar surface area (TPSA) is 0 Å². The Hall–Kier alpha value is -2.60. The van der Waals surface area contributed by atoms with Gasteiger partial charge in [-0.25, -0.2) is 0 Å². The highest BCUT2D eigenvalue weighted by atomic mass is 14.1. The van der Waals surface area contributed by atoms with Gasteiger partial charge in [-0.05, 0) is 47.2 Å². The molecule has 0 aliphatic rings. The normalized spacial score (nSPS) is 10.5. The largest absolute Gasteiger partial charge is 0.0905 e. The molecule has 22 heavy (non-hydrogen) atoms. The van der Waals surface area contributed by atoms with E-state index in [1.807, 2.05) is 0 Å². The van der Waals surface area contributed by atoms with Crippen molar-refractivity contribution in [2.24, 2.45) is 0 Å². The van der Waals surface area contributed by atoms with Crippen LogP contribution in [0.1, 0.15) is 22.3 Å². The molecule has 0 saturated heterocycles. The van der Waals surface area contributed by atoms with E-state index in [1.54, 1.807) is 0 Å². The summed E-state index contributed by atoms with van der Waals surface area (Å²) in [6.45, 7) is 8.52. The predicted octanol–water partition coefficient (Wildman–Crippen LogP) is 6.03. The van der Waals surface area contributed by atoms with Gasteiger partial charge in [-0.2, -0.15) is 0 Å². The van der Waals surface area contributed by atoms with E-state index in [9.17, 15) is 0 Å². The maximum absolute atomic E-state index is 4.27. The summed E-state index contributed by atoms with van der Waals surface area (Å²) in [6, 6.07) is 25.6. The number of benzene rings is 3. The molecular formula is C22H20. The summed E-state index contributed by atoms with van der Waals surface area (Å²) >= 11 is 0. The molecule has 0 fully saturated rings. The van der Waals surface area contributed by atoms with Crippen molar-refractivity contribution in [3.05, 3.63) is 102 Å². The van der Waals surface area contributed by atoms with E-state index in [2.05, 4.69) is 93.2 Å². The summed E-state index contributed by atoms with van der Waals surface area (Å²) in [5.41, 5.74) is 8.50. The van der Waals surface area contributed by atoms with Crippen LogP contribution < -0.4 is 0 Å². The number of aryl methyl sites for hydroxylation is 2. The van der Waals surface area contributed by atoms with Crippen LogP contribution in [-0.2, 0) is 0 Å². The lowest BCUT2D eigenvalue weighted by molar-refractivity contribution is 1.41. The van der Waals surface area contributed by atoms with Gasteiger partial charge in [-0.3, -0.25) is 0 Å².